The maximum absolute atomic E-state index is 13.5. The van der Waals surface area contributed by atoms with Crippen molar-refractivity contribution in [3.63, 3.8) is 0 Å². The summed E-state index contributed by atoms with van der Waals surface area (Å²) in [4.78, 5) is -0.162. The molecule has 2 rings (SSSR count). The molecule has 2 aromatic rings. The van der Waals surface area contributed by atoms with E-state index in [-0.39, 0.29) is 10.5 Å². The van der Waals surface area contributed by atoms with Gasteiger partial charge in [-0.3, -0.25) is 0 Å². The van der Waals surface area contributed by atoms with Crippen LogP contribution in [0.2, 0.25) is 0 Å². The van der Waals surface area contributed by atoms with Crippen molar-refractivity contribution in [1.29, 1.82) is 0 Å². The van der Waals surface area contributed by atoms with Crippen LogP contribution in [-0.4, -0.2) is 16.8 Å². The first-order valence-corrected chi connectivity index (χ1v) is 9.39. The molecule has 0 saturated heterocycles. The van der Waals surface area contributed by atoms with Gasteiger partial charge in [-0.05, 0) is 30.7 Å². The first-order valence-electron chi connectivity index (χ1n) is 6.26. The zero-order chi connectivity index (χ0) is 16.4. The van der Waals surface area contributed by atoms with Crippen molar-refractivity contribution in [2.24, 2.45) is 0 Å². The fraction of sp³-hybridized carbons (Fsp3) is 0.143. The van der Waals surface area contributed by atoms with Crippen LogP contribution in [0.4, 0.5) is 4.39 Å². The highest BCUT2D eigenvalue weighted by Gasteiger charge is 2.24. The van der Waals surface area contributed by atoms with Gasteiger partial charge in [-0.25, -0.2) is 21.2 Å². The van der Waals surface area contributed by atoms with Crippen LogP contribution in [0.5, 0.6) is 0 Å². The van der Waals surface area contributed by atoms with E-state index in [9.17, 15) is 21.2 Å². The average molecular weight is 343 g/mol. The third-order valence-corrected chi connectivity index (χ3v) is 6.30. The van der Waals surface area contributed by atoms with Crippen molar-refractivity contribution < 1.29 is 21.2 Å². The SMILES string of the molecule is Cc1cccc(S(=O)(=O)NS(=O)(=O)Cc2ccccc2F)c1. The maximum atomic E-state index is 13.5. The lowest BCUT2D eigenvalue weighted by molar-refractivity contribution is 0.572. The number of hydrogen-bond acceptors (Lipinski definition) is 4. The van der Waals surface area contributed by atoms with Gasteiger partial charge >= 0.3 is 0 Å². The third kappa shape index (κ3) is 4.12. The van der Waals surface area contributed by atoms with E-state index in [1.54, 1.807) is 17.1 Å². The van der Waals surface area contributed by atoms with Crippen LogP contribution in [0.3, 0.4) is 0 Å². The van der Waals surface area contributed by atoms with Gasteiger partial charge in [-0.1, -0.05) is 30.3 Å². The smallest absolute Gasteiger partial charge is 0.211 e. The Kier molecular flexibility index (Phi) is 4.64. The van der Waals surface area contributed by atoms with E-state index in [0.29, 0.717) is 5.56 Å². The summed E-state index contributed by atoms with van der Waals surface area (Å²) in [5, 5.41) is 0. The Bertz CT molecular complexity index is 893. The highest BCUT2D eigenvalue weighted by molar-refractivity contribution is 8.04. The van der Waals surface area contributed by atoms with Crippen LogP contribution in [0.1, 0.15) is 11.1 Å². The van der Waals surface area contributed by atoms with Gasteiger partial charge in [0, 0.05) is 5.56 Å². The predicted molar refractivity (Wildman–Crippen MR) is 80.5 cm³/mol. The molecule has 5 nitrogen and oxygen atoms in total. The normalized spacial score (nSPS) is 12.3. The van der Waals surface area contributed by atoms with Crippen LogP contribution in [-0.2, 0) is 25.8 Å². The fourth-order valence-corrected chi connectivity index (χ4v) is 5.05. The number of aryl methyl sites for hydroxylation is 1. The fourth-order valence-electron chi connectivity index (χ4n) is 1.85. The number of benzene rings is 2. The van der Waals surface area contributed by atoms with Crippen LogP contribution >= 0.6 is 0 Å². The Morgan fingerprint density at radius 3 is 2.32 bits per heavy atom. The molecule has 0 aliphatic rings. The molecular weight excluding hydrogens is 329 g/mol. The Morgan fingerprint density at radius 2 is 1.68 bits per heavy atom. The Hall–Kier alpha value is -1.77. The predicted octanol–water partition coefficient (Wildman–Crippen LogP) is 1.94. The molecule has 0 atom stereocenters. The lowest BCUT2D eigenvalue weighted by Crippen LogP contribution is -2.32. The van der Waals surface area contributed by atoms with Gasteiger partial charge in [-0.15, -0.1) is 4.13 Å². The molecule has 0 bridgehead atoms. The Labute approximate surface area is 128 Å². The molecule has 2 aromatic carbocycles. The molecule has 0 heterocycles. The zero-order valence-corrected chi connectivity index (χ0v) is 13.3. The summed E-state index contributed by atoms with van der Waals surface area (Å²) in [6, 6.07) is 11.1. The molecule has 8 heteroatoms. The number of rotatable bonds is 5. The van der Waals surface area contributed by atoms with Gasteiger partial charge in [0.1, 0.15) is 5.82 Å². The standard InChI is InChI=1S/C14H14FNO4S2/c1-11-5-4-7-13(9-11)22(19,20)16-21(17,18)10-12-6-2-3-8-14(12)15/h2-9,16H,10H2,1H3. The van der Waals surface area contributed by atoms with Crippen molar-refractivity contribution in [3.8, 4) is 0 Å². The average Bonchev–Trinajstić information content (AvgIpc) is 2.40. The highest BCUT2D eigenvalue weighted by Crippen LogP contribution is 2.14. The van der Waals surface area contributed by atoms with E-state index in [0.717, 1.165) is 6.07 Å². The Balaban J connectivity index is 2.27. The number of sulfonamides is 2. The zero-order valence-electron chi connectivity index (χ0n) is 11.7. The van der Waals surface area contributed by atoms with Gasteiger partial charge < -0.3 is 0 Å². The highest BCUT2D eigenvalue weighted by atomic mass is 32.3. The van der Waals surface area contributed by atoms with E-state index in [2.05, 4.69) is 0 Å². The lowest BCUT2D eigenvalue weighted by atomic mass is 10.2. The molecule has 0 fully saturated rings. The summed E-state index contributed by atoms with van der Waals surface area (Å²) in [6.07, 6.45) is 0. The number of nitrogens with one attached hydrogen (secondary N) is 1. The molecule has 1 N–H and O–H groups in total. The molecule has 0 aliphatic carbocycles. The second kappa shape index (κ2) is 6.15. The first-order chi connectivity index (χ1) is 10.2. The van der Waals surface area contributed by atoms with Crippen LogP contribution < -0.4 is 4.13 Å². The van der Waals surface area contributed by atoms with E-state index >= 15 is 0 Å². The molecule has 118 valence electrons. The molecule has 0 aromatic heterocycles. The van der Waals surface area contributed by atoms with E-state index < -0.39 is 31.6 Å². The molecular formula is C14H14FNO4S2. The second-order valence-corrected chi connectivity index (χ2v) is 8.42. The summed E-state index contributed by atoms with van der Waals surface area (Å²) in [6.45, 7) is 1.69. The van der Waals surface area contributed by atoms with Crippen molar-refractivity contribution in [2.75, 3.05) is 0 Å². The lowest BCUT2D eigenvalue weighted by Gasteiger charge is -2.09. The minimum Gasteiger partial charge on any atom is -0.211 e. The summed E-state index contributed by atoms with van der Waals surface area (Å²) < 4.78 is 63.2. The van der Waals surface area contributed by atoms with E-state index in [4.69, 9.17) is 0 Å². The van der Waals surface area contributed by atoms with Gasteiger partial charge in [0.25, 0.3) is 10.0 Å². The monoisotopic (exact) mass is 343 g/mol. The third-order valence-electron chi connectivity index (χ3n) is 2.84. The van der Waals surface area contributed by atoms with Crippen molar-refractivity contribution >= 4 is 20.0 Å². The summed E-state index contributed by atoms with van der Waals surface area (Å²) >= 11 is 0. The first kappa shape index (κ1) is 16.6. The van der Waals surface area contributed by atoms with Gasteiger partial charge in [0.05, 0.1) is 10.6 Å². The van der Waals surface area contributed by atoms with E-state index in [1.165, 1.54) is 36.4 Å². The molecule has 0 spiro atoms. The van der Waals surface area contributed by atoms with Crippen molar-refractivity contribution in [2.45, 2.75) is 17.6 Å². The molecule has 0 radical (unpaired) electrons. The number of halogens is 1. The summed E-state index contributed by atoms with van der Waals surface area (Å²) in [7, 11) is -8.49. The number of hydrogen-bond donors (Lipinski definition) is 1. The largest absolute Gasteiger partial charge is 0.253 e. The molecule has 0 amide bonds. The summed E-state index contributed by atoms with van der Waals surface area (Å²) in [5.74, 6) is -1.47. The van der Waals surface area contributed by atoms with Crippen LogP contribution in [0.25, 0.3) is 0 Å². The van der Waals surface area contributed by atoms with Crippen LogP contribution in [0, 0.1) is 12.7 Å². The van der Waals surface area contributed by atoms with Gasteiger partial charge in [0.2, 0.25) is 10.0 Å². The molecule has 22 heavy (non-hydrogen) atoms. The Morgan fingerprint density at radius 1 is 1.00 bits per heavy atom. The van der Waals surface area contributed by atoms with Crippen molar-refractivity contribution in [3.05, 3.63) is 65.5 Å². The molecule has 0 unspecified atom stereocenters. The maximum Gasteiger partial charge on any atom is 0.253 e. The molecule has 0 saturated carbocycles. The minimum absolute atomic E-state index is 0.102. The summed E-state index contributed by atoms with van der Waals surface area (Å²) in [5.41, 5.74) is 0.573. The van der Waals surface area contributed by atoms with Gasteiger partial charge in [-0.2, -0.15) is 0 Å². The van der Waals surface area contributed by atoms with Crippen molar-refractivity contribution in [1.82, 2.24) is 4.13 Å². The molecule has 0 aliphatic heterocycles. The minimum atomic E-state index is -4.25. The quantitative estimate of drug-likeness (QED) is 0.900. The topological polar surface area (TPSA) is 80.3 Å². The van der Waals surface area contributed by atoms with Crippen LogP contribution in [0.15, 0.2) is 53.4 Å². The second-order valence-electron chi connectivity index (χ2n) is 4.75. The van der Waals surface area contributed by atoms with Gasteiger partial charge in [0.15, 0.2) is 0 Å². The van der Waals surface area contributed by atoms with E-state index in [1.807, 2.05) is 0 Å².